The van der Waals surface area contributed by atoms with Crippen LogP contribution in [-0.2, 0) is 4.74 Å². The van der Waals surface area contributed by atoms with Gasteiger partial charge in [-0.05, 0) is 62.9 Å². The van der Waals surface area contributed by atoms with Crippen molar-refractivity contribution in [3.05, 3.63) is 71.4 Å². The van der Waals surface area contributed by atoms with Crippen molar-refractivity contribution < 1.29 is 14.3 Å². The van der Waals surface area contributed by atoms with Gasteiger partial charge in [-0.15, -0.1) is 0 Å². The molecule has 7 nitrogen and oxygen atoms in total. The van der Waals surface area contributed by atoms with Crippen LogP contribution in [0.3, 0.4) is 0 Å². The number of nitrogens with zero attached hydrogens (tertiary/aromatic N) is 3. The molecule has 0 unspecified atom stereocenters. The molecule has 33 heavy (non-hydrogen) atoms. The van der Waals surface area contributed by atoms with E-state index in [0.29, 0.717) is 43.8 Å². The van der Waals surface area contributed by atoms with Gasteiger partial charge in [0.05, 0.1) is 17.9 Å². The highest BCUT2D eigenvalue weighted by Crippen LogP contribution is 2.26. The topological polar surface area (TPSA) is 76.5 Å². The van der Waals surface area contributed by atoms with Gasteiger partial charge in [0.2, 0.25) is 0 Å². The van der Waals surface area contributed by atoms with E-state index in [1.165, 1.54) is 5.56 Å². The molecular formula is C26H30N4O3. The van der Waals surface area contributed by atoms with E-state index in [2.05, 4.69) is 31.3 Å². The Bertz CT molecular complexity index is 1130. The Balaban J connectivity index is 1.57. The number of nitrogens with one attached hydrogen (secondary N) is 1. The molecule has 1 aromatic heterocycles. The zero-order valence-corrected chi connectivity index (χ0v) is 19.4. The number of amides is 2. The molecule has 3 aromatic rings. The van der Waals surface area contributed by atoms with Gasteiger partial charge in [0.1, 0.15) is 5.69 Å². The number of benzene rings is 2. The first-order valence-corrected chi connectivity index (χ1v) is 11.4. The Hall–Kier alpha value is -3.61. The molecule has 1 aliphatic rings. The van der Waals surface area contributed by atoms with Gasteiger partial charge in [-0.3, -0.25) is 4.79 Å². The quantitative estimate of drug-likeness (QED) is 0.626. The summed E-state index contributed by atoms with van der Waals surface area (Å²) in [6.45, 7) is 7.42. The molecule has 0 spiro atoms. The van der Waals surface area contributed by atoms with Crippen molar-refractivity contribution >= 4 is 12.0 Å². The number of hydrogen-bond donors (Lipinski definition) is 1. The van der Waals surface area contributed by atoms with Crippen LogP contribution >= 0.6 is 0 Å². The summed E-state index contributed by atoms with van der Waals surface area (Å²) in [6.07, 6.45) is 2.89. The molecule has 1 fully saturated rings. The minimum atomic E-state index is -0.288. The van der Waals surface area contributed by atoms with Crippen molar-refractivity contribution in [1.29, 1.82) is 0 Å². The maximum Gasteiger partial charge on any atom is 0.409 e. The van der Waals surface area contributed by atoms with Crippen LogP contribution in [0.4, 0.5) is 4.79 Å². The number of para-hydroxylation sites is 1. The van der Waals surface area contributed by atoms with Crippen LogP contribution in [0.5, 0.6) is 0 Å². The number of carbonyl (C=O) groups is 2. The Morgan fingerprint density at radius 2 is 1.79 bits per heavy atom. The zero-order chi connectivity index (χ0) is 23.4. The molecule has 2 aromatic carbocycles. The number of hydrogen-bond acceptors (Lipinski definition) is 4. The highest BCUT2D eigenvalue weighted by molar-refractivity contribution is 6.00. The second-order valence-corrected chi connectivity index (χ2v) is 8.40. The normalized spacial score (nSPS) is 14.2. The first-order valence-electron chi connectivity index (χ1n) is 11.4. The highest BCUT2D eigenvalue weighted by Gasteiger charge is 2.26. The van der Waals surface area contributed by atoms with Gasteiger partial charge in [-0.1, -0.05) is 30.3 Å². The zero-order valence-electron chi connectivity index (χ0n) is 19.4. The summed E-state index contributed by atoms with van der Waals surface area (Å²) in [5.74, 6) is -0.153. The number of likely N-dealkylation sites (tertiary alicyclic amines) is 1. The summed E-state index contributed by atoms with van der Waals surface area (Å²) in [5, 5.41) is 7.93. The van der Waals surface area contributed by atoms with E-state index in [-0.39, 0.29) is 18.0 Å². The largest absolute Gasteiger partial charge is 0.450 e. The van der Waals surface area contributed by atoms with Crippen LogP contribution in [0.15, 0.2) is 54.7 Å². The lowest BCUT2D eigenvalue weighted by atomic mass is 10.0. The van der Waals surface area contributed by atoms with Gasteiger partial charge in [0.15, 0.2) is 0 Å². The molecule has 0 radical (unpaired) electrons. The number of aromatic nitrogens is 2. The summed E-state index contributed by atoms with van der Waals surface area (Å²) in [7, 11) is 0. The summed E-state index contributed by atoms with van der Waals surface area (Å²) < 4.78 is 6.84. The SMILES string of the molecule is CCOC(=O)N1CCC(NC(=O)c2cn(-c3ccccc3)nc2-c2ccc(C)c(C)c2)CC1. The lowest BCUT2D eigenvalue weighted by Gasteiger charge is -2.31. The lowest BCUT2D eigenvalue weighted by molar-refractivity contribution is 0.0860. The smallest absolute Gasteiger partial charge is 0.409 e. The molecule has 2 heterocycles. The predicted molar refractivity (Wildman–Crippen MR) is 128 cm³/mol. The molecule has 2 amide bonds. The van der Waals surface area contributed by atoms with Crippen LogP contribution in [0, 0.1) is 13.8 Å². The molecule has 1 N–H and O–H groups in total. The summed E-state index contributed by atoms with van der Waals surface area (Å²) in [6, 6.07) is 15.9. The van der Waals surface area contributed by atoms with Crippen LogP contribution in [0.2, 0.25) is 0 Å². The van der Waals surface area contributed by atoms with E-state index >= 15 is 0 Å². The standard InChI is InChI=1S/C26H30N4O3/c1-4-33-26(32)29-14-12-21(13-15-29)27-25(31)23-17-30(22-8-6-5-7-9-22)28-24(23)20-11-10-18(2)19(3)16-20/h5-11,16-17,21H,4,12-15H2,1-3H3,(H,27,31). The van der Waals surface area contributed by atoms with E-state index in [9.17, 15) is 9.59 Å². The minimum Gasteiger partial charge on any atom is -0.450 e. The number of ether oxygens (including phenoxy) is 1. The Kier molecular flexibility index (Phi) is 6.77. The van der Waals surface area contributed by atoms with Crippen molar-refractivity contribution in [3.8, 4) is 16.9 Å². The molecular weight excluding hydrogens is 416 g/mol. The summed E-state index contributed by atoms with van der Waals surface area (Å²) >= 11 is 0. The molecule has 0 atom stereocenters. The van der Waals surface area contributed by atoms with Gasteiger partial charge in [0.25, 0.3) is 5.91 Å². The Morgan fingerprint density at radius 3 is 2.45 bits per heavy atom. The number of piperidine rings is 1. The third kappa shape index (κ3) is 5.08. The fraction of sp³-hybridized carbons (Fsp3) is 0.346. The molecule has 0 bridgehead atoms. The van der Waals surface area contributed by atoms with Gasteiger partial charge >= 0.3 is 6.09 Å². The van der Waals surface area contributed by atoms with Crippen molar-refractivity contribution in [2.75, 3.05) is 19.7 Å². The van der Waals surface area contributed by atoms with Crippen LogP contribution in [-0.4, -0.2) is 52.4 Å². The van der Waals surface area contributed by atoms with Gasteiger partial charge in [-0.2, -0.15) is 5.10 Å². The van der Waals surface area contributed by atoms with Crippen molar-refractivity contribution in [2.45, 2.75) is 39.7 Å². The van der Waals surface area contributed by atoms with Crippen LogP contribution in [0.1, 0.15) is 41.3 Å². The number of rotatable bonds is 5. The predicted octanol–water partition coefficient (Wildman–Crippen LogP) is 4.51. The van der Waals surface area contributed by atoms with E-state index in [1.807, 2.05) is 36.4 Å². The average molecular weight is 447 g/mol. The fourth-order valence-corrected chi connectivity index (χ4v) is 4.04. The van der Waals surface area contributed by atoms with E-state index in [0.717, 1.165) is 16.8 Å². The lowest BCUT2D eigenvalue weighted by Crippen LogP contribution is -2.46. The molecule has 0 aliphatic carbocycles. The number of aryl methyl sites for hydroxylation is 2. The summed E-state index contributed by atoms with van der Waals surface area (Å²) in [4.78, 5) is 27.0. The molecule has 1 aliphatic heterocycles. The first kappa shape index (κ1) is 22.6. The number of carbonyl (C=O) groups excluding carboxylic acids is 2. The van der Waals surface area contributed by atoms with Gasteiger partial charge < -0.3 is 15.0 Å². The molecule has 7 heteroatoms. The molecule has 1 saturated heterocycles. The van der Waals surface area contributed by atoms with Crippen molar-refractivity contribution in [1.82, 2.24) is 20.0 Å². The Morgan fingerprint density at radius 1 is 1.06 bits per heavy atom. The Labute approximate surface area is 194 Å². The third-order valence-electron chi connectivity index (χ3n) is 6.12. The van der Waals surface area contributed by atoms with Crippen molar-refractivity contribution in [2.24, 2.45) is 0 Å². The van der Waals surface area contributed by atoms with Gasteiger partial charge in [-0.25, -0.2) is 9.48 Å². The first-order chi connectivity index (χ1) is 16.0. The maximum absolute atomic E-state index is 13.4. The maximum atomic E-state index is 13.4. The second kappa shape index (κ2) is 9.90. The van der Waals surface area contributed by atoms with E-state index in [1.54, 1.807) is 22.7 Å². The molecule has 4 rings (SSSR count). The highest BCUT2D eigenvalue weighted by atomic mass is 16.6. The van der Waals surface area contributed by atoms with Gasteiger partial charge in [0, 0.05) is 30.9 Å². The molecule has 0 saturated carbocycles. The molecule has 172 valence electrons. The average Bonchev–Trinajstić information content (AvgIpc) is 3.28. The monoisotopic (exact) mass is 446 g/mol. The van der Waals surface area contributed by atoms with Crippen LogP contribution < -0.4 is 5.32 Å². The third-order valence-corrected chi connectivity index (χ3v) is 6.12. The second-order valence-electron chi connectivity index (χ2n) is 8.40. The summed E-state index contributed by atoms with van der Waals surface area (Å²) in [5.41, 5.74) is 5.35. The fourth-order valence-electron chi connectivity index (χ4n) is 4.04. The van der Waals surface area contributed by atoms with E-state index < -0.39 is 0 Å². The minimum absolute atomic E-state index is 0.00384. The van der Waals surface area contributed by atoms with E-state index in [4.69, 9.17) is 9.84 Å². The van der Waals surface area contributed by atoms with Crippen LogP contribution in [0.25, 0.3) is 16.9 Å². The van der Waals surface area contributed by atoms with Crippen molar-refractivity contribution in [3.63, 3.8) is 0 Å².